The van der Waals surface area contributed by atoms with E-state index in [0.29, 0.717) is 23.2 Å². The second-order valence-corrected chi connectivity index (χ2v) is 6.89. The van der Waals surface area contributed by atoms with E-state index < -0.39 is 4.92 Å². The molecule has 2 aromatic rings. The number of hydrogen-bond donors (Lipinski definition) is 1. The Bertz CT molecular complexity index is 734. The molecule has 1 N–H and O–H groups in total. The Hall–Kier alpha value is -2.03. The van der Waals surface area contributed by atoms with Gasteiger partial charge in [0.2, 0.25) is 5.91 Å². The average Bonchev–Trinajstić information content (AvgIpc) is 3.02. The number of rotatable bonds is 8. The minimum atomic E-state index is -0.483. The number of hydrogen-bond acceptors (Lipinski definition) is 5. The molecule has 0 aliphatic carbocycles. The number of amides is 1. The van der Waals surface area contributed by atoms with E-state index >= 15 is 0 Å². The van der Waals surface area contributed by atoms with Gasteiger partial charge >= 0.3 is 0 Å². The molecule has 0 spiro atoms. The lowest BCUT2D eigenvalue weighted by Gasteiger charge is -2.19. The van der Waals surface area contributed by atoms with Crippen LogP contribution in [-0.4, -0.2) is 28.8 Å². The molecular formula is C16H16BrN3O3S. The van der Waals surface area contributed by atoms with Crippen LogP contribution < -0.4 is 5.32 Å². The number of thiophene rings is 1. The number of non-ortho nitro benzene ring substituents is 1. The van der Waals surface area contributed by atoms with Crippen LogP contribution in [0.3, 0.4) is 0 Å². The number of halogens is 1. The monoisotopic (exact) mass is 409 g/mol. The van der Waals surface area contributed by atoms with Crippen molar-refractivity contribution in [2.75, 3.05) is 18.4 Å². The van der Waals surface area contributed by atoms with Crippen LogP contribution in [0.25, 0.3) is 0 Å². The van der Waals surface area contributed by atoms with Crippen molar-refractivity contribution in [1.82, 2.24) is 4.90 Å². The van der Waals surface area contributed by atoms with Crippen molar-refractivity contribution in [2.45, 2.75) is 6.54 Å². The zero-order valence-corrected chi connectivity index (χ0v) is 15.2. The Morgan fingerprint density at radius 2 is 2.25 bits per heavy atom. The number of nitrogens with zero attached hydrogens (tertiary/aromatic N) is 2. The highest BCUT2D eigenvalue weighted by Gasteiger charge is 2.14. The van der Waals surface area contributed by atoms with E-state index in [-0.39, 0.29) is 18.1 Å². The first-order chi connectivity index (χ1) is 11.5. The fraction of sp³-hybridized carbons (Fsp3) is 0.188. The van der Waals surface area contributed by atoms with Crippen LogP contribution in [0.1, 0.15) is 4.88 Å². The van der Waals surface area contributed by atoms with Gasteiger partial charge < -0.3 is 5.32 Å². The third-order valence-electron chi connectivity index (χ3n) is 3.15. The number of nitro benzene ring substituents is 1. The summed E-state index contributed by atoms with van der Waals surface area (Å²) >= 11 is 4.88. The Balaban J connectivity index is 2.00. The summed E-state index contributed by atoms with van der Waals surface area (Å²) in [4.78, 5) is 25.6. The molecule has 1 aromatic carbocycles. The van der Waals surface area contributed by atoms with Crippen molar-refractivity contribution in [2.24, 2.45) is 0 Å². The van der Waals surface area contributed by atoms with Crippen molar-refractivity contribution in [3.8, 4) is 0 Å². The van der Waals surface area contributed by atoms with Crippen molar-refractivity contribution < 1.29 is 9.72 Å². The number of nitro groups is 1. The van der Waals surface area contributed by atoms with Gasteiger partial charge in [-0.25, -0.2) is 0 Å². The molecule has 6 nitrogen and oxygen atoms in total. The van der Waals surface area contributed by atoms with E-state index in [4.69, 9.17) is 0 Å². The number of nitrogens with one attached hydrogen (secondary N) is 1. The molecule has 0 bridgehead atoms. The second-order valence-electron chi connectivity index (χ2n) is 5.01. The second kappa shape index (κ2) is 8.72. The van der Waals surface area contributed by atoms with Gasteiger partial charge in [0.05, 0.1) is 17.2 Å². The van der Waals surface area contributed by atoms with Gasteiger partial charge in [-0.3, -0.25) is 19.8 Å². The van der Waals surface area contributed by atoms with Gasteiger partial charge in [0, 0.05) is 34.6 Å². The third-order valence-corrected chi connectivity index (χ3v) is 4.67. The molecule has 0 radical (unpaired) electrons. The molecule has 1 amide bonds. The summed E-state index contributed by atoms with van der Waals surface area (Å²) in [6, 6.07) is 8.22. The first-order valence-electron chi connectivity index (χ1n) is 7.09. The summed E-state index contributed by atoms with van der Waals surface area (Å²) in [6.45, 7) is 5.18. The summed E-state index contributed by atoms with van der Waals surface area (Å²) in [7, 11) is 0. The minimum absolute atomic E-state index is 0.0362. The molecule has 126 valence electrons. The van der Waals surface area contributed by atoms with Crippen LogP contribution in [-0.2, 0) is 11.3 Å². The maximum absolute atomic E-state index is 12.3. The molecule has 24 heavy (non-hydrogen) atoms. The molecular weight excluding hydrogens is 394 g/mol. The SMILES string of the molecule is C=CCN(CC(=O)Nc1ccc([N+](=O)[O-])cc1Br)Cc1cccs1. The highest BCUT2D eigenvalue weighted by molar-refractivity contribution is 9.10. The zero-order valence-electron chi connectivity index (χ0n) is 12.8. The minimum Gasteiger partial charge on any atom is -0.324 e. The number of anilines is 1. The fourth-order valence-electron chi connectivity index (χ4n) is 2.10. The molecule has 0 atom stereocenters. The summed E-state index contributed by atoms with van der Waals surface area (Å²) in [6.07, 6.45) is 1.75. The molecule has 0 aliphatic heterocycles. The van der Waals surface area contributed by atoms with Gasteiger partial charge in [-0.1, -0.05) is 12.1 Å². The predicted octanol–water partition coefficient (Wildman–Crippen LogP) is 4.05. The van der Waals surface area contributed by atoms with Crippen LogP contribution in [0.5, 0.6) is 0 Å². The lowest BCUT2D eigenvalue weighted by atomic mass is 10.3. The Kier molecular flexibility index (Phi) is 6.65. The topological polar surface area (TPSA) is 75.5 Å². The van der Waals surface area contributed by atoms with Crippen molar-refractivity contribution >= 4 is 44.5 Å². The molecule has 0 saturated carbocycles. The first kappa shape index (κ1) is 18.3. The quantitative estimate of drug-likeness (QED) is 0.405. The Morgan fingerprint density at radius 3 is 2.83 bits per heavy atom. The summed E-state index contributed by atoms with van der Waals surface area (Å²) in [5.41, 5.74) is 0.464. The van der Waals surface area contributed by atoms with Crippen LogP contribution in [0.15, 0.2) is 52.8 Å². The standard InChI is InChI=1S/C16H16BrN3O3S/c1-2-7-19(10-13-4-3-8-24-13)11-16(21)18-15-6-5-12(20(22)23)9-14(15)17/h2-6,8-9H,1,7,10-11H2,(H,18,21). The Labute approximate surface area is 152 Å². The van der Waals surface area contributed by atoms with Gasteiger partial charge in [0.1, 0.15) is 0 Å². The lowest BCUT2D eigenvalue weighted by molar-refractivity contribution is -0.384. The van der Waals surface area contributed by atoms with E-state index in [2.05, 4.69) is 27.8 Å². The maximum atomic E-state index is 12.3. The van der Waals surface area contributed by atoms with Gasteiger partial charge in [0.25, 0.3) is 5.69 Å². The molecule has 2 rings (SSSR count). The van der Waals surface area contributed by atoms with E-state index in [1.54, 1.807) is 17.4 Å². The van der Waals surface area contributed by atoms with Crippen molar-refractivity contribution in [3.63, 3.8) is 0 Å². The number of benzene rings is 1. The van der Waals surface area contributed by atoms with Crippen LogP contribution in [0, 0.1) is 10.1 Å². The molecule has 1 aromatic heterocycles. The Morgan fingerprint density at radius 1 is 1.46 bits per heavy atom. The fourth-order valence-corrected chi connectivity index (χ4v) is 3.31. The van der Waals surface area contributed by atoms with Crippen molar-refractivity contribution in [3.05, 3.63) is 67.8 Å². The molecule has 8 heteroatoms. The first-order valence-corrected chi connectivity index (χ1v) is 8.76. The highest BCUT2D eigenvalue weighted by Crippen LogP contribution is 2.27. The van der Waals surface area contributed by atoms with E-state index in [1.807, 2.05) is 22.4 Å². The summed E-state index contributed by atoms with van der Waals surface area (Å²) < 4.78 is 0.471. The number of carbonyl (C=O) groups is 1. The van der Waals surface area contributed by atoms with Crippen LogP contribution >= 0.6 is 27.3 Å². The number of carbonyl (C=O) groups excluding carboxylic acids is 1. The molecule has 0 saturated heterocycles. The van der Waals surface area contributed by atoms with Crippen LogP contribution in [0.4, 0.5) is 11.4 Å². The largest absolute Gasteiger partial charge is 0.324 e. The van der Waals surface area contributed by atoms with Crippen LogP contribution in [0.2, 0.25) is 0 Å². The predicted molar refractivity (Wildman–Crippen MR) is 99.2 cm³/mol. The van der Waals surface area contributed by atoms with E-state index in [1.165, 1.54) is 23.1 Å². The van der Waals surface area contributed by atoms with E-state index in [0.717, 1.165) is 0 Å². The van der Waals surface area contributed by atoms with Crippen molar-refractivity contribution in [1.29, 1.82) is 0 Å². The smallest absolute Gasteiger partial charge is 0.270 e. The lowest BCUT2D eigenvalue weighted by Crippen LogP contribution is -2.32. The average molecular weight is 410 g/mol. The van der Waals surface area contributed by atoms with Gasteiger partial charge in [-0.2, -0.15) is 0 Å². The molecule has 0 aliphatic rings. The normalized spacial score (nSPS) is 10.6. The maximum Gasteiger partial charge on any atom is 0.270 e. The molecule has 0 unspecified atom stereocenters. The molecule has 1 heterocycles. The third kappa shape index (κ3) is 5.26. The molecule has 0 fully saturated rings. The zero-order chi connectivity index (χ0) is 17.5. The van der Waals surface area contributed by atoms with E-state index in [9.17, 15) is 14.9 Å². The van der Waals surface area contributed by atoms with Gasteiger partial charge in [0.15, 0.2) is 0 Å². The van der Waals surface area contributed by atoms with Gasteiger partial charge in [-0.05, 0) is 33.4 Å². The highest BCUT2D eigenvalue weighted by atomic mass is 79.9. The summed E-state index contributed by atoms with van der Waals surface area (Å²) in [5, 5.41) is 15.5. The van der Waals surface area contributed by atoms with Gasteiger partial charge in [-0.15, -0.1) is 17.9 Å². The summed E-state index contributed by atoms with van der Waals surface area (Å²) in [5.74, 6) is -0.192.